The first-order chi connectivity index (χ1) is 17.4. The van der Waals surface area contributed by atoms with Crippen LogP contribution in [-0.2, 0) is 11.0 Å². The fraction of sp³-hybridized carbons (Fsp3) is 0.400. The summed E-state index contributed by atoms with van der Waals surface area (Å²) in [6.45, 7) is 2.15. The molecule has 1 saturated heterocycles. The number of carbonyl (C=O) groups is 2. The molecule has 0 spiro atoms. The zero-order chi connectivity index (χ0) is 26.6. The molecule has 2 amide bonds. The second-order valence-corrected chi connectivity index (χ2v) is 10.2. The molecule has 0 unspecified atom stereocenters. The molecule has 12 heteroatoms. The molecule has 196 valence electrons. The van der Waals surface area contributed by atoms with E-state index in [0.717, 1.165) is 0 Å². The molecule has 2 heterocycles. The van der Waals surface area contributed by atoms with E-state index in [4.69, 9.17) is 11.6 Å². The standard InChI is InChI=1S/C25H22ClF5N4O2/c1-11-4-20(35(10-11)24(37)16-6-14(26)5-13-9-32-34-22(13)16)23(36)33-21(12-2-3-12)15-7-19(28)17(8-18(15)27)25(29,30)31/h5-9,11-12,20-21H,2-4,10H2,1H3,(H,32,34)(H,33,36)/t11-,20-,21-/m1/s1. The van der Waals surface area contributed by atoms with Gasteiger partial charge in [0.25, 0.3) is 5.91 Å². The van der Waals surface area contributed by atoms with Gasteiger partial charge in [-0.25, -0.2) is 8.78 Å². The zero-order valence-electron chi connectivity index (χ0n) is 19.5. The Balaban J connectivity index is 1.42. The highest BCUT2D eigenvalue weighted by Gasteiger charge is 2.43. The van der Waals surface area contributed by atoms with Gasteiger partial charge in [-0.15, -0.1) is 0 Å². The molecule has 2 N–H and O–H groups in total. The van der Waals surface area contributed by atoms with Crippen molar-refractivity contribution in [3.63, 3.8) is 0 Å². The van der Waals surface area contributed by atoms with E-state index in [0.29, 0.717) is 41.3 Å². The fourth-order valence-corrected chi connectivity index (χ4v) is 5.24. The lowest BCUT2D eigenvalue weighted by atomic mass is 9.98. The molecule has 2 aromatic carbocycles. The van der Waals surface area contributed by atoms with E-state index in [1.165, 1.54) is 17.2 Å². The highest BCUT2D eigenvalue weighted by Crippen LogP contribution is 2.43. The number of H-pyrrole nitrogens is 1. The highest BCUT2D eigenvalue weighted by atomic mass is 35.5. The number of amides is 2. The SMILES string of the molecule is C[C@@H]1C[C@H](C(=O)N[C@@H](c2cc(F)c(C(F)(F)F)cc2F)C2CC2)N(C(=O)c2cc(Cl)cc3cn[nH]c23)C1. The molecular formula is C25H22ClF5N4O2. The van der Waals surface area contributed by atoms with Crippen LogP contribution in [0, 0.1) is 23.5 Å². The van der Waals surface area contributed by atoms with Crippen molar-refractivity contribution in [2.45, 2.75) is 44.4 Å². The topological polar surface area (TPSA) is 78.1 Å². The number of halogens is 6. The second kappa shape index (κ2) is 9.27. The molecule has 3 atom stereocenters. The van der Waals surface area contributed by atoms with Crippen molar-refractivity contribution in [1.82, 2.24) is 20.4 Å². The molecule has 1 aliphatic carbocycles. The average Bonchev–Trinajstić information content (AvgIpc) is 3.42. The van der Waals surface area contributed by atoms with E-state index in [9.17, 15) is 31.5 Å². The molecule has 6 nitrogen and oxygen atoms in total. The maximum absolute atomic E-state index is 14.8. The largest absolute Gasteiger partial charge is 0.419 e. The Hall–Kier alpha value is -3.21. The van der Waals surface area contributed by atoms with Gasteiger partial charge >= 0.3 is 6.18 Å². The Morgan fingerprint density at radius 2 is 1.89 bits per heavy atom. The van der Waals surface area contributed by atoms with Crippen molar-refractivity contribution in [2.75, 3.05) is 6.54 Å². The van der Waals surface area contributed by atoms with Gasteiger partial charge < -0.3 is 10.2 Å². The fourth-order valence-electron chi connectivity index (χ4n) is 5.01. The monoisotopic (exact) mass is 540 g/mol. The van der Waals surface area contributed by atoms with E-state index < -0.39 is 47.3 Å². The van der Waals surface area contributed by atoms with Gasteiger partial charge in [0.05, 0.1) is 28.9 Å². The van der Waals surface area contributed by atoms with Gasteiger partial charge in [0, 0.05) is 22.5 Å². The Kier molecular flexibility index (Phi) is 6.37. The van der Waals surface area contributed by atoms with Crippen LogP contribution in [0.5, 0.6) is 0 Å². The number of alkyl halides is 3. The highest BCUT2D eigenvalue weighted by molar-refractivity contribution is 6.32. The first kappa shape index (κ1) is 25.4. The van der Waals surface area contributed by atoms with Crippen molar-refractivity contribution >= 4 is 34.3 Å². The van der Waals surface area contributed by atoms with Crippen LogP contribution in [0.25, 0.3) is 10.9 Å². The number of fused-ring (bicyclic) bond motifs is 1. The summed E-state index contributed by atoms with van der Waals surface area (Å²) in [6, 6.07) is 1.81. The number of aromatic amines is 1. The van der Waals surface area contributed by atoms with Crippen LogP contribution in [0.4, 0.5) is 22.0 Å². The van der Waals surface area contributed by atoms with Crippen LogP contribution in [0.2, 0.25) is 5.02 Å². The van der Waals surface area contributed by atoms with Crippen LogP contribution >= 0.6 is 11.6 Å². The van der Waals surface area contributed by atoms with Gasteiger partial charge in [-0.05, 0) is 55.4 Å². The minimum Gasteiger partial charge on any atom is -0.347 e. The van der Waals surface area contributed by atoms with E-state index in [2.05, 4.69) is 15.5 Å². The van der Waals surface area contributed by atoms with Crippen LogP contribution in [-0.4, -0.2) is 39.5 Å². The molecule has 1 saturated carbocycles. The minimum absolute atomic E-state index is 0.0317. The number of benzene rings is 2. The molecule has 37 heavy (non-hydrogen) atoms. The number of hydrogen-bond donors (Lipinski definition) is 2. The number of carbonyl (C=O) groups excluding carboxylic acids is 2. The number of likely N-dealkylation sites (tertiary alicyclic amines) is 1. The summed E-state index contributed by atoms with van der Waals surface area (Å²) in [5, 5.41) is 10.3. The van der Waals surface area contributed by atoms with E-state index >= 15 is 0 Å². The molecule has 2 fully saturated rings. The van der Waals surface area contributed by atoms with Gasteiger partial charge in [-0.2, -0.15) is 18.3 Å². The van der Waals surface area contributed by atoms with Gasteiger partial charge in [-0.3, -0.25) is 14.7 Å². The zero-order valence-corrected chi connectivity index (χ0v) is 20.3. The Labute approximate surface area is 213 Å². The molecule has 1 aromatic heterocycles. The average molecular weight is 541 g/mol. The minimum atomic E-state index is -5.05. The van der Waals surface area contributed by atoms with Crippen molar-refractivity contribution in [3.8, 4) is 0 Å². The molecule has 0 radical (unpaired) electrons. The smallest absolute Gasteiger partial charge is 0.347 e. The van der Waals surface area contributed by atoms with Gasteiger partial charge in [-0.1, -0.05) is 18.5 Å². The maximum Gasteiger partial charge on any atom is 0.419 e. The lowest BCUT2D eigenvalue weighted by Gasteiger charge is -2.27. The number of nitrogens with zero attached hydrogens (tertiary/aromatic N) is 2. The third-order valence-electron chi connectivity index (χ3n) is 6.94. The summed E-state index contributed by atoms with van der Waals surface area (Å²) in [5.41, 5.74) is -1.35. The second-order valence-electron chi connectivity index (χ2n) is 9.78. The van der Waals surface area contributed by atoms with Crippen molar-refractivity contribution in [3.05, 3.63) is 63.8 Å². The van der Waals surface area contributed by atoms with Gasteiger partial charge in [0.1, 0.15) is 17.7 Å². The molecular weight excluding hydrogens is 519 g/mol. The lowest BCUT2D eigenvalue weighted by molar-refractivity contribution is -0.140. The predicted octanol–water partition coefficient (Wildman–Crippen LogP) is 5.63. The van der Waals surface area contributed by atoms with Crippen molar-refractivity contribution in [2.24, 2.45) is 11.8 Å². The molecule has 1 aliphatic heterocycles. The first-order valence-electron chi connectivity index (χ1n) is 11.7. The van der Waals surface area contributed by atoms with E-state index in [-0.39, 0.29) is 35.6 Å². The number of nitrogens with one attached hydrogen (secondary N) is 2. The summed E-state index contributed by atoms with van der Waals surface area (Å²) in [6.07, 6.45) is -2.02. The number of hydrogen-bond acceptors (Lipinski definition) is 3. The third-order valence-corrected chi connectivity index (χ3v) is 7.15. The summed E-state index contributed by atoms with van der Waals surface area (Å²) in [7, 11) is 0. The maximum atomic E-state index is 14.8. The summed E-state index contributed by atoms with van der Waals surface area (Å²) >= 11 is 6.18. The van der Waals surface area contributed by atoms with Crippen molar-refractivity contribution in [1.29, 1.82) is 0 Å². The Morgan fingerprint density at radius 1 is 1.16 bits per heavy atom. The third kappa shape index (κ3) is 4.88. The quantitative estimate of drug-likeness (QED) is 0.412. The Bertz CT molecular complexity index is 1390. The van der Waals surface area contributed by atoms with E-state index in [1.54, 1.807) is 6.07 Å². The van der Waals surface area contributed by atoms with Crippen LogP contribution in [0.3, 0.4) is 0 Å². The summed E-state index contributed by atoms with van der Waals surface area (Å²) < 4.78 is 68.1. The van der Waals surface area contributed by atoms with Crippen LogP contribution < -0.4 is 5.32 Å². The predicted molar refractivity (Wildman–Crippen MR) is 125 cm³/mol. The molecule has 2 aliphatic rings. The normalized spacial score (nSPS) is 20.9. The van der Waals surface area contributed by atoms with Crippen LogP contribution in [0.15, 0.2) is 30.5 Å². The molecule has 5 rings (SSSR count). The van der Waals surface area contributed by atoms with E-state index in [1.807, 2.05) is 6.92 Å². The Morgan fingerprint density at radius 3 is 2.57 bits per heavy atom. The molecule has 3 aromatic rings. The number of aromatic nitrogens is 2. The van der Waals surface area contributed by atoms with Crippen LogP contribution in [0.1, 0.15) is 53.7 Å². The summed E-state index contributed by atoms with van der Waals surface area (Å²) in [4.78, 5) is 28.3. The first-order valence-corrected chi connectivity index (χ1v) is 12.1. The van der Waals surface area contributed by atoms with Gasteiger partial charge in [0.15, 0.2) is 0 Å². The lowest BCUT2D eigenvalue weighted by Crippen LogP contribution is -2.47. The molecule has 0 bridgehead atoms. The summed E-state index contributed by atoms with van der Waals surface area (Å²) in [5.74, 6) is -4.18. The number of rotatable bonds is 5. The van der Waals surface area contributed by atoms with Gasteiger partial charge in [0.2, 0.25) is 5.91 Å². The van der Waals surface area contributed by atoms with Crippen molar-refractivity contribution < 1.29 is 31.5 Å².